The molecular formula is C10H11ClNO2-. The van der Waals surface area contributed by atoms with Crippen LogP contribution in [0.4, 0.5) is 0 Å². The molecule has 1 atom stereocenters. The van der Waals surface area contributed by atoms with Gasteiger partial charge >= 0.3 is 0 Å². The molecule has 1 aliphatic rings. The van der Waals surface area contributed by atoms with Crippen molar-refractivity contribution >= 4 is 18.4 Å². The molecule has 1 aliphatic heterocycles. The summed E-state index contributed by atoms with van der Waals surface area (Å²) in [5.74, 6) is -1.02. The van der Waals surface area contributed by atoms with E-state index in [4.69, 9.17) is 0 Å². The van der Waals surface area contributed by atoms with Gasteiger partial charge in [-0.05, 0) is 17.5 Å². The van der Waals surface area contributed by atoms with E-state index in [-0.39, 0.29) is 12.4 Å². The topological polar surface area (TPSA) is 52.2 Å². The van der Waals surface area contributed by atoms with Crippen molar-refractivity contribution in [2.24, 2.45) is 0 Å². The zero-order chi connectivity index (χ0) is 9.26. The molecule has 1 unspecified atom stereocenters. The van der Waals surface area contributed by atoms with Crippen LogP contribution in [0.15, 0.2) is 24.3 Å². The Hall–Kier alpha value is -1.06. The predicted octanol–water partition coefficient (Wildman–Crippen LogP) is -0.127. The molecule has 0 saturated heterocycles. The van der Waals surface area contributed by atoms with Crippen LogP contribution in [0.3, 0.4) is 0 Å². The Labute approximate surface area is 88.5 Å². The van der Waals surface area contributed by atoms with Crippen molar-refractivity contribution in [3.05, 3.63) is 35.4 Å². The number of carbonyl (C=O) groups excluding carboxylic acids is 1. The van der Waals surface area contributed by atoms with Crippen molar-refractivity contribution < 1.29 is 9.90 Å². The molecule has 1 heterocycles. The van der Waals surface area contributed by atoms with Crippen molar-refractivity contribution in [3.8, 4) is 0 Å². The lowest BCUT2D eigenvalue weighted by molar-refractivity contribution is -0.308. The molecule has 1 aromatic carbocycles. The van der Waals surface area contributed by atoms with Gasteiger partial charge in [0.25, 0.3) is 0 Å². The summed E-state index contributed by atoms with van der Waals surface area (Å²) in [6, 6.07) is 7.32. The monoisotopic (exact) mass is 212 g/mol. The normalized spacial score (nSPS) is 19.3. The van der Waals surface area contributed by atoms with Gasteiger partial charge in [0.2, 0.25) is 0 Å². The van der Waals surface area contributed by atoms with Crippen molar-refractivity contribution in [2.75, 3.05) is 0 Å². The summed E-state index contributed by atoms with van der Waals surface area (Å²) in [5, 5.41) is 13.5. The molecule has 0 amide bonds. The van der Waals surface area contributed by atoms with Crippen LogP contribution in [0.1, 0.15) is 11.1 Å². The van der Waals surface area contributed by atoms with Crippen LogP contribution in [0, 0.1) is 0 Å². The summed E-state index contributed by atoms with van der Waals surface area (Å²) in [6.45, 7) is 0.620. The van der Waals surface area contributed by atoms with Gasteiger partial charge in [0, 0.05) is 6.54 Å². The molecule has 0 aromatic heterocycles. The Morgan fingerprint density at radius 2 is 2.00 bits per heavy atom. The van der Waals surface area contributed by atoms with Gasteiger partial charge in [0.1, 0.15) is 0 Å². The molecule has 3 nitrogen and oxygen atoms in total. The van der Waals surface area contributed by atoms with E-state index < -0.39 is 12.0 Å². The van der Waals surface area contributed by atoms with Crippen LogP contribution < -0.4 is 10.4 Å². The van der Waals surface area contributed by atoms with E-state index in [0.717, 1.165) is 5.56 Å². The van der Waals surface area contributed by atoms with E-state index in [0.29, 0.717) is 13.0 Å². The maximum absolute atomic E-state index is 10.6. The Kier molecular flexibility index (Phi) is 3.49. The Morgan fingerprint density at radius 3 is 2.64 bits per heavy atom. The number of fused-ring (bicyclic) bond motifs is 1. The highest BCUT2D eigenvalue weighted by Crippen LogP contribution is 2.15. The van der Waals surface area contributed by atoms with Gasteiger partial charge < -0.3 is 15.2 Å². The molecule has 0 spiro atoms. The standard InChI is InChI=1S/C10H11NO2.ClH/c12-10(13)9-5-7-3-1-2-4-8(7)6-11-9;/h1-4,9,11H,5-6H2,(H,12,13);1H/p-1. The van der Waals surface area contributed by atoms with Gasteiger partial charge in [-0.25, -0.2) is 0 Å². The Bertz CT molecular complexity index is 341. The van der Waals surface area contributed by atoms with Crippen LogP contribution in [-0.4, -0.2) is 12.0 Å². The summed E-state index contributed by atoms with van der Waals surface area (Å²) < 4.78 is 0. The summed E-state index contributed by atoms with van der Waals surface area (Å²) >= 11 is 0. The number of benzene rings is 1. The van der Waals surface area contributed by atoms with Gasteiger partial charge in [0.15, 0.2) is 0 Å². The lowest BCUT2D eigenvalue weighted by Gasteiger charge is -2.26. The van der Waals surface area contributed by atoms with Gasteiger partial charge in [-0.2, -0.15) is 0 Å². The highest BCUT2D eigenvalue weighted by atomic mass is 35.5. The zero-order valence-corrected chi connectivity index (χ0v) is 8.34. The van der Waals surface area contributed by atoms with Crippen LogP contribution in [0.2, 0.25) is 0 Å². The molecule has 1 aromatic rings. The largest absolute Gasteiger partial charge is 0.548 e. The maximum Gasteiger partial charge on any atom is 0.0587 e. The number of hydrogen-bond acceptors (Lipinski definition) is 3. The van der Waals surface area contributed by atoms with E-state index in [2.05, 4.69) is 5.32 Å². The first-order valence-corrected chi connectivity index (χ1v) is 4.28. The third kappa shape index (κ3) is 2.05. The number of nitrogens with one attached hydrogen (secondary N) is 1. The average molecular weight is 213 g/mol. The maximum atomic E-state index is 10.6. The van der Waals surface area contributed by atoms with Gasteiger partial charge in [-0.3, -0.25) is 0 Å². The summed E-state index contributed by atoms with van der Waals surface area (Å²) in [5.41, 5.74) is 2.29. The third-order valence-electron chi connectivity index (χ3n) is 2.37. The SMILES string of the molecule is Cl.O=C([O-])C1Cc2ccccc2CN1. The number of carbonyl (C=O) groups is 1. The van der Waals surface area contributed by atoms with Crippen LogP contribution in [0.25, 0.3) is 0 Å². The van der Waals surface area contributed by atoms with Gasteiger partial charge in [-0.1, -0.05) is 24.3 Å². The molecule has 0 saturated carbocycles. The summed E-state index contributed by atoms with van der Waals surface area (Å²) in [6.07, 6.45) is 0.526. The van der Waals surface area contributed by atoms with Crippen LogP contribution in [-0.2, 0) is 17.8 Å². The van der Waals surface area contributed by atoms with Crippen molar-refractivity contribution in [1.29, 1.82) is 0 Å². The number of aliphatic carboxylic acids is 1. The minimum atomic E-state index is -1.02. The number of hydrogen-bond donors (Lipinski definition) is 1. The fourth-order valence-corrected chi connectivity index (χ4v) is 1.62. The highest BCUT2D eigenvalue weighted by molar-refractivity contribution is 5.85. The average Bonchev–Trinajstić information content (AvgIpc) is 2.17. The van der Waals surface area contributed by atoms with Crippen LogP contribution >= 0.6 is 12.4 Å². The highest BCUT2D eigenvalue weighted by Gasteiger charge is 2.17. The molecule has 76 valence electrons. The Morgan fingerprint density at radius 1 is 1.36 bits per heavy atom. The lowest BCUT2D eigenvalue weighted by Crippen LogP contribution is -2.48. The molecule has 1 N–H and O–H groups in total. The second-order valence-corrected chi connectivity index (χ2v) is 3.23. The molecule has 0 radical (unpaired) electrons. The summed E-state index contributed by atoms with van der Waals surface area (Å²) in [4.78, 5) is 10.6. The van der Waals surface area contributed by atoms with E-state index >= 15 is 0 Å². The molecule has 2 rings (SSSR count). The molecule has 14 heavy (non-hydrogen) atoms. The lowest BCUT2D eigenvalue weighted by atomic mass is 9.96. The minimum Gasteiger partial charge on any atom is -0.548 e. The minimum absolute atomic E-state index is 0. The van der Waals surface area contributed by atoms with Crippen molar-refractivity contribution in [3.63, 3.8) is 0 Å². The molecular weight excluding hydrogens is 202 g/mol. The fourth-order valence-electron chi connectivity index (χ4n) is 1.62. The fraction of sp³-hybridized carbons (Fsp3) is 0.300. The second-order valence-electron chi connectivity index (χ2n) is 3.23. The quantitative estimate of drug-likeness (QED) is 0.706. The first-order valence-electron chi connectivity index (χ1n) is 4.28. The number of halogens is 1. The van der Waals surface area contributed by atoms with E-state index in [9.17, 15) is 9.90 Å². The van der Waals surface area contributed by atoms with E-state index in [1.807, 2.05) is 24.3 Å². The number of carboxylic acids is 1. The van der Waals surface area contributed by atoms with Crippen LogP contribution in [0.5, 0.6) is 0 Å². The molecule has 4 heteroatoms. The van der Waals surface area contributed by atoms with E-state index in [1.54, 1.807) is 0 Å². The predicted molar refractivity (Wildman–Crippen MR) is 53.0 cm³/mol. The van der Waals surface area contributed by atoms with Gasteiger partial charge in [-0.15, -0.1) is 12.4 Å². The number of carboxylic acid groups (broad SMARTS) is 1. The Balaban J connectivity index is 0.000000980. The first kappa shape index (κ1) is 11.0. The third-order valence-corrected chi connectivity index (χ3v) is 2.37. The first-order chi connectivity index (χ1) is 6.27. The molecule has 0 aliphatic carbocycles. The smallest absolute Gasteiger partial charge is 0.0587 e. The molecule has 0 bridgehead atoms. The summed E-state index contributed by atoms with van der Waals surface area (Å²) in [7, 11) is 0. The number of rotatable bonds is 1. The molecule has 0 fully saturated rings. The van der Waals surface area contributed by atoms with Crippen molar-refractivity contribution in [2.45, 2.75) is 19.0 Å². The van der Waals surface area contributed by atoms with E-state index in [1.165, 1.54) is 5.56 Å². The van der Waals surface area contributed by atoms with Crippen molar-refractivity contribution in [1.82, 2.24) is 5.32 Å². The second kappa shape index (κ2) is 4.44. The zero-order valence-electron chi connectivity index (χ0n) is 7.53. The van der Waals surface area contributed by atoms with Gasteiger partial charge in [0.05, 0.1) is 12.0 Å².